The second kappa shape index (κ2) is 5.36. The number of carbonyl (C=O) groups excluding carboxylic acids is 1. The summed E-state index contributed by atoms with van der Waals surface area (Å²) in [5.74, 6) is 1.24. The summed E-state index contributed by atoms with van der Waals surface area (Å²) in [4.78, 5) is 12.3. The number of ether oxygens (including phenoxy) is 3. The highest BCUT2D eigenvalue weighted by Gasteiger charge is 2.65. The van der Waals surface area contributed by atoms with Gasteiger partial charge in [-0.1, -0.05) is 26.0 Å². The van der Waals surface area contributed by atoms with E-state index in [9.17, 15) is 4.79 Å². The van der Waals surface area contributed by atoms with Gasteiger partial charge in [0.25, 0.3) is 0 Å². The van der Waals surface area contributed by atoms with Crippen molar-refractivity contribution in [3.63, 3.8) is 0 Å². The van der Waals surface area contributed by atoms with Crippen LogP contribution in [0.3, 0.4) is 0 Å². The van der Waals surface area contributed by atoms with Crippen LogP contribution in [0.4, 0.5) is 0 Å². The summed E-state index contributed by atoms with van der Waals surface area (Å²) in [6, 6.07) is 7.85. The zero-order valence-electron chi connectivity index (χ0n) is 13.7. The van der Waals surface area contributed by atoms with Crippen LogP contribution in [0.25, 0.3) is 0 Å². The number of hydrogen-bond donors (Lipinski definition) is 0. The topological polar surface area (TPSA) is 44.8 Å². The lowest BCUT2D eigenvalue weighted by atomic mass is 9.74. The average Bonchev–Trinajstić information content (AvgIpc) is 2.93. The van der Waals surface area contributed by atoms with E-state index >= 15 is 0 Å². The molecule has 0 saturated carbocycles. The molecule has 0 N–H and O–H groups in total. The molecule has 0 aromatic heterocycles. The molecule has 1 aromatic carbocycles. The normalized spacial score (nSPS) is 33.7. The Morgan fingerprint density at radius 3 is 2.55 bits per heavy atom. The summed E-state index contributed by atoms with van der Waals surface area (Å²) < 4.78 is 17.4. The number of fused-ring (bicyclic) bond motifs is 2. The van der Waals surface area contributed by atoms with Crippen LogP contribution in [0.15, 0.2) is 24.3 Å². The van der Waals surface area contributed by atoms with Gasteiger partial charge in [-0.05, 0) is 30.5 Å². The minimum absolute atomic E-state index is 0.0327. The van der Waals surface area contributed by atoms with Crippen LogP contribution >= 0.6 is 0 Å². The quantitative estimate of drug-likeness (QED) is 0.838. The second-order valence-electron chi connectivity index (χ2n) is 6.91. The van der Waals surface area contributed by atoms with Crippen LogP contribution in [0, 0.1) is 5.92 Å². The van der Waals surface area contributed by atoms with Gasteiger partial charge in [-0.25, -0.2) is 0 Å². The van der Waals surface area contributed by atoms with E-state index in [0.29, 0.717) is 19.4 Å². The molecule has 0 radical (unpaired) electrons. The summed E-state index contributed by atoms with van der Waals surface area (Å²) >= 11 is 0. The first-order valence-electron chi connectivity index (χ1n) is 7.88. The van der Waals surface area contributed by atoms with Crippen molar-refractivity contribution in [1.82, 2.24) is 0 Å². The summed E-state index contributed by atoms with van der Waals surface area (Å²) in [5, 5.41) is 0. The zero-order chi connectivity index (χ0) is 16.0. The van der Waals surface area contributed by atoms with Crippen molar-refractivity contribution in [2.45, 2.75) is 57.5 Å². The van der Waals surface area contributed by atoms with Crippen LogP contribution in [0.1, 0.15) is 39.2 Å². The Balaban J connectivity index is 1.68. The summed E-state index contributed by atoms with van der Waals surface area (Å²) in [6.07, 6.45) is 1.09. The maximum atomic E-state index is 12.3. The third kappa shape index (κ3) is 2.34. The second-order valence-corrected chi connectivity index (χ2v) is 6.91. The fraction of sp³-hybridized carbons (Fsp3) is 0.611. The minimum atomic E-state index is -0.640. The fourth-order valence-corrected chi connectivity index (χ4v) is 3.63. The molecule has 3 rings (SSSR count). The number of Topliss-reactive ketones (excluding diaryl/α,β-unsaturated/α-hetero) is 1. The molecular weight excluding hydrogens is 280 g/mol. The molecule has 120 valence electrons. The van der Waals surface area contributed by atoms with Crippen LogP contribution in [0.2, 0.25) is 0 Å². The molecule has 4 heteroatoms. The predicted octanol–water partition coefficient (Wildman–Crippen LogP) is 3.13. The van der Waals surface area contributed by atoms with Crippen molar-refractivity contribution in [1.29, 1.82) is 0 Å². The van der Waals surface area contributed by atoms with Gasteiger partial charge in [0.2, 0.25) is 0 Å². The largest absolute Gasteiger partial charge is 0.497 e. The molecule has 2 bridgehead atoms. The number of carbonyl (C=O) groups is 1. The van der Waals surface area contributed by atoms with Gasteiger partial charge in [0, 0.05) is 12.8 Å². The number of ketones is 1. The molecule has 2 aliphatic heterocycles. The monoisotopic (exact) mass is 304 g/mol. The molecule has 0 amide bonds. The zero-order valence-corrected chi connectivity index (χ0v) is 13.7. The molecule has 22 heavy (non-hydrogen) atoms. The molecule has 0 unspecified atom stereocenters. The van der Waals surface area contributed by atoms with Gasteiger partial charge in [0.05, 0.1) is 25.4 Å². The highest BCUT2D eigenvalue weighted by molar-refractivity contribution is 5.92. The number of methoxy groups -OCH3 is 1. The molecule has 3 atom stereocenters. The van der Waals surface area contributed by atoms with Gasteiger partial charge in [-0.15, -0.1) is 0 Å². The van der Waals surface area contributed by atoms with Gasteiger partial charge in [0.1, 0.15) is 11.4 Å². The van der Waals surface area contributed by atoms with Crippen molar-refractivity contribution in [3.8, 4) is 5.75 Å². The van der Waals surface area contributed by atoms with Gasteiger partial charge in [0.15, 0.2) is 5.78 Å². The van der Waals surface area contributed by atoms with Crippen LogP contribution < -0.4 is 4.74 Å². The van der Waals surface area contributed by atoms with E-state index in [1.54, 1.807) is 7.11 Å². The molecule has 2 fully saturated rings. The van der Waals surface area contributed by atoms with Crippen molar-refractivity contribution < 1.29 is 19.0 Å². The van der Waals surface area contributed by atoms with Gasteiger partial charge in [-0.3, -0.25) is 4.79 Å². The van der Waals surface area contributed by atoms with E-state index < -0.39 is 11.2 Å². The lowest BCUT2D eigenvalue weighted by Gasteiger charge is -2.30. The molecule has 2 aliphatic rings. The third-order valence-electron chi connectivity index (χ3n) is 5.11. The SMILES string of the molecule is COc1ccc(CO[C@@H]2C[C@]3(C(C)C)O[C@@]2(C)CC3=O)cc1. The van der Waals surface area contributed by atoms with Crippen LogP contribution in [0.5, 0.6) is 5.75 Å². The van der Waals surface area contributed by atoms with E-state index in [0.717, 1.165) is 11.3 Å². The van der Waals surface area contributed by atoms with E-state index in [2.05, 4.69) is 13.8 Å². The Morgan fingerprint density at radius 1 is 1.32 bits per heavy atom. The first kappa shape index (κ1) is 15.5. The Labute approximate surface area is 131 Å². The summed E-state index contributed by atoms with van der Waals surface area (Å²) in [6.45, 7) is 6.63. The molecule has 2 saturated heterocycles. The maximum absolute atomic E-state index is 12.3. The molecule has 0 aliphatic carbocycles. The van der Waals surface area contributed by atoms with E-state index in [-0.39, 0.29) is 17.8 Å². The molecule has 2 heterocycles. The highest BCUT2D eigenvalue weighted by atomic mass is 16.6. The van der Waals surface area contributed by atoms with Crippen molar-refractivity contribution >= 4 is 5.78 Å². The van der Waals surface area contributed by atoms with Crippen LogP contribution in [-0.4, -0.2) is 30.2 Å². The Kier molecular flexibility index (Phi) is 3.77. The Hall–Kier alpha value is -1.39. The third-order valence-corrected chi connectivity index (χ3v) is 5.11. The smallest absolute Gasteiger partial charge is 0.167 e. The first-order valence-corrected chi connectivity index (χ1v) is 7.88. The Morgan fingerprint density at radius 2 is 2.00 bits per heavy atom. The van der Waals surface area contributed by atoms with E-state index in [1.165, 1.54) is 0 Å². The average molecular weight is 304 g/mol. The van der Waals surface area contributed by atoms with Crippen LogP contribution in [-0.2, 0) is 20.9 Å². The number of benzene rings is 1. The van der Waals surface area contributed by atoms with E-state index in [1.807, 2.05) is 31.2 Å². The van der Waals surface area contributed by atoms with Gasteiger partial charge < -0.3 is 14.2 Å². The standard InChI is InChI=1S/C18H24O4/c1-12(2)18-10-16(17(3,22-18)9-15(18)19)21-11-13-5-7-14(20-4)8-6-13/h5-8,12,16H,9-11H2,1-4H3/t16-,17+,18-/m1/s1. The molecule has 4 nitrogen and oxygen atoms in total. The van der Waals surface area contributed by atoms with Gasteiger partial charge in [-0.2, -0.15) is 0 Å². The maximum Gasteiger partial charge on any atom is 0.167 e. The summed E-state index contributed by atoms with van der Waals surface area (Å²) in [7, 11) is 1.65. The number of hydrogen-bond acceptors (Lipinski definition) is 4. The summed E-state index contributed by atoms with van der Waals surface area (Å²) in [5.41, 5.74) is -0.0234. The molecule has 1 aromatic rings. The van der Waals surface area contributed by atoms with Crippen molar-refractivity contribution in [2.75, 3.05) is 7.11 Å². The lowest BCUT2D eigenvalue weighted by molar-refractivity contribution is -0.136. The van der Waals surface area contributed by atoms with E-state index in [4.69, 9.17) is 14.2 Å². The first-order chi connectivity index (χ1) is 10.4. The van der Waals surface area contributed by atoms with Gasteiger partial charge >= 0.3 is 0 Å². The molecular formula is C18H24O4. The predicted molar refractivity (Wildman–Crippen MR) is 82.9 cm³/mol. The highest BCUT2D eigenvalue weighted by Crippen LogP contribution is 2.53. The lowest BCUT2D eigenvalue weighted by Crippen LogP contribution is -2.44. The number of rotatable bonds is 5. The van der Waals surface area contributed by atoms with Crippen molar-refractivity contribution in [3.05, 3.63) is 29.8 Å². The van der Waals surface area contributed by atoms with Crippen molar-refractivity contribution in [2.24, 2.45) is 5.92 Å². The molecule has 0 spiro atoms. The minimum Gasteiger partial charge on any atom is -0.497 e. The fourth-order valence-electron chi connectivity index (χ4n) is 3.63. The Bertz CT molecular complexity index is 565.